The summed E-state index contributed by atoms with van der Waals surface area (Å²) in [7, 11) is 0. The minimum atomic E-state index is 0.258. The number of hydrogen-bond donors (Lipinski definition) is 1. The molecule has 2 aliphatic rings. The number of nitrogens with zero attached hydrogens (tertiary/aromatic N) is 3. The summed E-state index contributed by atoms with van der Waals surface area (Å²) in [5.74, 6) is 0.680. The summed E-state index contributed by atoms with van der Waals surface area (Å²) in [6.07, 6.45) is 6.35. The molecular weight excluding hydrogens is 216 g/mol. The van der Waals surface area contributed by atoms with Crippen LogP contribution in [0.25, 0.3) is 0 Å². The Kier molecular flexibility index (Phi) is 3.20. The maximum Gasteiger partial charge on any atom is 0.222 e. The molecule has 5 nitrogen and oxygen atoms in total. The third-order valence-electron chi connectivity index (χ3n) is 3.52. The van der Waals surface area contributed by atoms with Crippen LogP contribution in [-0.2, 0) is 4.74 Å². The molecular formula is C12H18N4O. The number of fused-ring (bicyclic) bond motifs is 1. The van der Waals surface area contributed by atoms with Crippen molar-refractivity contribution < 1.29 is 4.74 Å². The number of nitrogens with one attached hydrogen (secondary N) is 1. The van der Waals surface area contributed by atoms with Crippen LogP contribution < -0.4 is 5.32 Å². The van der Waals surface area contributed by atoms with Crippen LogP contribution in [0.1, 0.15) is 12.8 Å². The van der Waals surface area contributed by atoms with Gasteiger partial charge in [-0.2, -0.15) is 0 Å². The SMILES string of the molecule is c1cnc(NCC2CN3CCCC3CO2)nc1. The zero-order valence-corrected chi connectivity index (χ0v) is 9.88. The highest BCUT2D eigenvalue weighted by molar-refractivity contribution is 5.22. The molecule has 17 heavy (non-hydrogen) atoms. The highest BCUT2D eigenvalue weighted by Crippen LogP contribution is 2.22. The molecule has 3 heterocycles. The summed E-state index contributed by atoms with van der Waals surface area (Å²) < 4.78 is 5.85. The van der Waals surface area contributed by atoms with Crippen molar-refractivity contribution in [1.82, 2.24) is 14.9 Å². The van der Waals surface area contributed by atoms with Gasteiger partial charge in [0.05, 0.1) is 12.7 Å². The summed E-state index contributed by atoms with van der Waals surface area (Å²) in [5, 5.41) is 3.22. The van der Waals surface area contributed by atoms with Gasteiger partial charge in [-0.1, -0.05) is 0 Å². The summed E-state index contributed by atoms with van der Waals surface area (Å²) in [5.41, 5.74) is 0. The molecule has 1 N–H and O–H groups in total. The first-order valence-electron chi connectivity index (χ1n) is 6.28. The molecule has 0 spiro atoms. The van der Waals surface area contributed by atoms with Crippen molar-refractivity contribution in [3.8, 4) is 0 Å². The number of hydrogen-bond acceptors (Lipinski definition) is 5. The molecule has 2 fully saturated rings. The third-order valence-corrected chi connectivity index (χ3v) is 3.52. The Labute approximate surface area is 101 Å². The van der Waals surface area contributed by atoms with E-state index in [1.54, 1.807) is 12.4 Å². The van der Waals surface area contributed by atoms with E-state index in [1.807, 2.05) is 6.07 Å². The van der Waals surface area contributed by atoms with Crippen LogP contribution in [0.4, 0.5) is 5.95 Å². The Hall–Kier alpha value is -1.20. The standard InChI is InChI=1S/C12H18N4O/c1-3-10-9-17-11(8-16(10)6-1)7-15-12-13-4-2-5-14-12/h2,4-5,10-11H,1,3,6-9H2,(H,13,14,15). The lowest BCUT2D eigenvalue weighted by atomic mass is 10.2. The van der Waals surface area contributed by atoms with Crippen LogP contribution in [0.15, 0.2) is 18.5 Å². The minimum Gasteiger partial charge on any atom is -0.373 e. The second-order valence-electron chi connectivity index (χ2n) is 4.70. The van der Waals surface area contributed by atoms with Gasteiger partial charge in [0.25, 0.3) is 0 Å². The van der Waals surface area contributed by atoms with Crippen LogP contribution >= 0.6 is 0 Å². The molecule has 0 radical (unpaired) electrons. The second-order valence-corrected chi connectivity index (χ2v) is 4.70. The summed E-state index contributed by atoms with van der Waals surface area (Å²) >= 11 is 0. The van der Waals surface area contributed by atoms with E-state index >= 15 is 0 Å². The molecule has 92 valence electrons. The second kappa shape index (κ2) is 4.98. The monoisotopic (exact) mass is 234 g/mol. The van der Waals surface area contributed by atoms with E-state index in [2.05, 4.69) is 20.2 Å². The number of aromatic nitrogens is 2. The van der Waals surface area contributed by atoms with Gasteiger partial charge in [0.15, 0.2) is 0 Å². The molecule has 0 aliphatic carbocycles. The molecule has 0 amide bonds. The Balaban J connectivity index is 1.50. The van der Waals surface area contributed by atoms with Crippen molar-refractivity contribution in [2.24, 2.45) is 0 Å². The number of rotatable bonds is 3. The molecule has 2 unspecified atom stereocenters. The van der Waals surface area contributed by atoms with Crippen molar-refractivity contribution in [3.63, 3.8) is 0 Å². The van der Waals surface area contributed by atoms with E-state index in [9.17, 15) is 0 Å². The molecule has 2 saturated heterocycles. The van der Waals surface area contributed by atoms with Crippen molar-refractivity contribution >= 4 is 5.95 Å². The zero-order valence-electron chi connectivity index (χ0n) is 9.88. The Morgan fingerprint density at radius 3 is 3.18 bits per heavy atom. The normalized spacial score (nSPS) is 28.9. The van der Waals surface area contributed by atoms with Crippen LogP contribution in [0, 0.1) is 0 Å². The summed E-state index contributed by atoms with van der Waals surface area (Å²) in [6, 6.07) is 2.48. The lowest BCUT2D eigenvalue weighted by Gasteiger charge is -2.35. The van der Waals surface area contributed by atoms with Crippen LogP contribution in [0.3, 0.4) is 0 Å². The smallest absolute Gasteiger partial charge is 0.222 e. The van der Waals surface area contributed by atoms with E-state index in [-0.39, 0.29) is 6.10 Å². The maximum atomic E-state index is 5.85. The van der Waals surface area contributed by atoms with E-state index in [0.29, 0.717) is 12.0 Å². The lowest BCUT2D eigenvalue weighted by molar-refractivity contribution is -0.0416. The van der Waals surface area contributed by atoms with E-state index in [4.69, 9.17) is 4.74 Å². The Morgan fingerprint density at radius 2 is 2.29 bits per heavy atom. The fraction of sp³-hybridized carbons (Fsp3) is 0.667. The predicted molar refractivity (Wildman–Crippen MR) is 64.9 cm³/mol. The average Bonchev–Trinajstić information content (AvgIpc) is 2.85. The molecule has 3 rings (SSSR count). The maximum absolute atomic E-state index is 5.85. The first-order valence-corrected chi connectivity index (χ1v) is 6.28. The Bertz CT molecular complexity index is 359. The molecule has 2 atom stereocenters. The average molecular weight is 234 g/mol. The van der Waals surface area contributed by atoms with Crippen molar-refractivity contribution in [2.45, 2.75) is 25.0 Å². The van der Waals surface area contributed by atoms with Crippen molar-refractivity contribution in [2.75, 3.05) is 31.6 Å². The quantitative estimate of drug-likeness (QED) is 0.836. The molecule has 0 saturated carbocycles. The van der Waals surface area contributed by atoms with Gasteiger partial charge in [-0.05, 0) is 25.5 Å². The van der Waals surface area contributed by atoms with E-state index < -0.39 is 0 Å². The highest BCUT2D eigenvalue weighted by Gasteiger charge is 2.31. The van der Waals surface area contributed by atoms with Gasteiger partial charge < -0.3 is 10.1 Å². The van der Waals surface area contributed by atoms with E-state index in [1.165, 1.54) is 19.4 Å². The summed E-state index contributed by atoms with van der Waals surface area (Å²) in [4.78, 5) is 10.8. The molecule has 5 heteroatoms. The zero-order chi connectivity index (χ0) is 11.5. The summed E-state index contributed by atoms with van der Waals surface area (Å²) in [6.45, 7) is 3.92. The number of ether oxygens (including phenoxy) is 1. The van der Waals surface area contributed by atoms with Gasteiger partial charge in [0.2, 0.25) is 5.95 Å². The first kappa shape index (κ1) is 10.9. The molecule has 0 aromatic carbocycles. The van der Waals surface area contributed by atoms with Gasteiger partial charge in [-0.15, -0.1) is 0 Å². The third kappa shape index (κ3) is 2.56. The van der Waals surface area contributed by atoms with Gasteiger partial charge in [0.1, 0.15) is 0 Å². The molecule has 1 aromatic rings. The van der Waals surface area contributed by atoms with Crippen LogP contribution in [0.5, 0.6) is 0 Å². The van der Waals surface area contributed by atoms with E-state index in [0.717, 1.165) is 19.7 Å². The van der Waals surface area contributed by atoms with Gasteiger partial charge in [0, 0.05) is 31.5 Å². The first-order chi connectivity index (χ1) is 8.42. The molecule has 0 bridgehead atoms. The minimum absolute atomic E-state index is 0.258. The largest absolute Gasteiger partial charge is 0.373 e. The highest BCUT2D eigenvalue weighted by atomic mass is 16.5. The number of morpholine rings is 1. The van der Waals surface area contributed by atoms with Crippen molar-refractivity contribution in [3.05, 3.63) is 18.5 Å². The van der Waals surface area contributed by atoms with Gasteiger partial charge in [-0.25, -0.2) is 9.97 Å². The number of anilines is 1. The lowest BCUT2D eigenvalue weighted by Crippen LogP contribution is -2.48. The van der Waals surface area contributed by atoms with Crippen molar-refractivity contribution in [1.29, 1.82) is 0 Å². The topological polar surface area (TPSA) is 50.3 Å². The Morgan fingerprint density at radius 1 is 1.41 bits per heavy atom. The van der Waals surface area contributed by atoms with Crippen LogP contribution in [-0.4, -0.2) is 53.3 Å². The van der Waals surface area contributed by atoms with Gasteiger partial charge >= 0.3 is 0 Å². The predicted octanol–water partition coefficient (Wildman–Crippen LogP) is 0.752. The molecule has 2 aliphatic heterocycles. The van der Waals surface area contributed by atoms with Gasteiger partial charge in [-0.3, -0.25) is 4.90 Å². The molecule has 1 aromatic heterocycles. The fourth-order valence-corrected chi connectivity index (χ4v) is 2.60. The fourth-order valence-electron chi connectivity index (χ4n) is 2.60. The van der Waals surface area contributed by atoms with Crippen LogP contribution in [0.2, 0.25) is 0 Å².